The molecule has 0 amide bonds. The van der Waals surface area contributed by atoms with Crippen LogP contribution in [0.3, 0.4) is 0 Å². The molecule has 84 valence electrons. The molecule has 0 aliphatic rings. The molecule has 0 saturated heterocycles. The van der Waals surface area contributed by atoms with E-state index in [9.17, 15) is 0 Å². The van der Waals surface area contributed by atoms with Crippen molar-refractivity contribution in [3.05, 3.63) is 22.3 Å². The Kier molecular flexibility index (Phi) is 6.54. The van der Waals surface area contributed by atoms with Crippen molar-refractivity contribution in [2.24, 2.45) is 0 Å². The number of hydrogen-bond acceptors (Lipinski definition) is 4. The standard InChI is InChI=1S/C13H12N4/c1-10(12(6-14)7-15)4-3-5-11(2)13(8-16)9-17/h3-5H2,1-2H3. The lowest BCUT2D eigenvalue weighted by atomic mass is 10.0. The van der Waals surface area contributed by atoms with Crippen LogP contribution < -0.4 is 0 Å². The number of hydrogen-bond donors (Lipinski definition) is 0. The van der Waals surface area contributed by atoms with E-state index in [0.717, 1.165) is 17.6 Å². The molecular formula is C13H12N4. The summed E-state index contributed by atoms with van der Waals surface area (Å²) in [7, 11) is 0. The first-order chi connectivity index (χ1) is 8.10. The topological polar surface area (TPSA) is 95.2 Å². The van der Waals surface area contributed by atoms with E-state index in [1.54, 1.807) is 13.8 Å². The monoisotopic (exact) mass is 224 g/mol. The van der Waals surface area contributed by atoms with Gasteiger partial charge in [0.05, 0.1) is 0 Å². The van der Waals surface area contributed by atoms with Gasteiger partial charge >= 0.3 is 0 Å². The number of nitriles is 4. The van der Waals surface area contributed by atoms with Crippen LogP contribution in [0.4, 0.5) is 0 Å². The Morgan fingerprint density at radius 2 is 1.00 bits per heavy atom. The second-order valence-electron chi connectivity index (χ2n) is 3.61. The highest BCUT2D eigenvalue weighted by Crippen LogP contribution is 2.16. The Hall–Kier alpha value is -2.56. The first kappa shape index (κ1) is 14.4. The second kappa shape index (κ2) is 7.70. The molecule has 4 heteroatoms. The van der Waals surface area contributed by atoms with Crippen molar-refractivity contribution in [2.45, 2.75) is 33.1 Å². The minimum Gasteiger partial charge on any atom is -0.192 e. The highest BCUT2D eigenvalue weighted by Gasteiger charge is 2.03. The van der Waals surface area contributed by atoms with Crippen LogP contribution in [0.1, 0.15) is 33.1 Å². The van der Waals surface area contributed by atoms with E-state index in [1.165, 1.54) is 0 Å². The van der Waals surface area contributed by atoms with Crippen LogP contribution in [0.15, 0.2) is 22.3 Å². The first-order valence-electron chi connectivity index (χ1n) is 5.10. The fraction of sp³-hybridized carbons (Fsp3) is 0.385. The largest absolute Gasteiger partial charge is 0.192 e. The van der Waals surface area contributed by atoms with Crippen LogP contribution in [0.2, 0.25) is 0 Å². The zero-order valence-corrected chi connectivity index (χ0v) is 9.91. The van der Waals surface area contributed by atoms with Gasteiger partial charge in [-0.25, -0.2) is 0 Å². The predicted molar refractivity (Wildman–Crippen MR) is 61.7 cm³/mol. The summed E-state index contributed by atoms with van der Waals surface area (Å²) < 4.78 is 0. The Balaban J connectivity index is 4.50. The third-order valence-electron chi connectivity index (χ3n) is 2.40. The van der Waals surface area contributed by atoms with Crippen LogP contribution in [0.5, 0.6) is 0 Å². The quantitative estimate of drug-likeness (QED) is 0.686. The van der Waals surface area contributed by atoms with Gasteiger partial charge in [0.15, 0.2) is 0 Å². The fourth-order valence-corrected chi connectivity index (χ4v) is 1.30. The van der Waals surface area contributed by atoms with Crippen molar-refractivity contribution in [1.82, 2.24) is 0 Å². The van der Waals surface area contributed by atoms with E-state index in [4.69, 9.17) is 21.0 Å². The highest BCUT2D eigenvalue weighted by atomic mass is 14.3. The average Bonchev–Trinajstić information content (AvgIpc) is 2.32. The summed E-state index contributed by atoms with van der Waals surface area (Å²) in [4.78, 5) is 0. The molecule has 0 aromatic heterocycles. The summed E-state index contributed by atoms with van der Waals surface area (Å²) in [5.74, 6) is 0. The molecule has 0 saturated carbocycles. The lowest BCUT2D eigenvalue weighted by Crippen LogP contribution is -1.88. The van der Waals surface area contributed by atoms with Crippen LogP contribution in [0, 0.1) is 45.3 Å². The van der Waals surface area contributed by atoms with Gasteiger partial charge in [0.2, 0.25) is 0 Å². The van der Waals surface area contributed by atoms with Gasteiger partial charge in [-0.1, -0.05) is 0 Å². The highest BCUT2D eigenvalue weighted by molar-refractivity contribution is 5.40. The lowest BCUT2D eigenvalue weighted by molar-refractivity contribution is 0.799. The van der Waals surface area contributed by atoms with Crippen molar-refractivity contribution < 1.29 is 0 Å². The van der Waals surface area contributed by atoms with Crippen LogP contribution in [-0.4, -0.2) is 0 Å². The molecule has 0 radical (unpaired) electrons. The van der Waals surface area contributed by atoms with E-state index in [0.29, 0.717) is 12.8 Å². The van der Waals surface area contributed by atoms with Gasteiger partial charge in [0.25, 0.3) is 0 Å². The Morgan fingerprint density at radius 1 is 0.706 bits per heavy atom. The fourth-order valence-electron chi connectivity index (χ4n) is 1.30. The van der Waals surface area contributed by atoms with E-state index >= 15 is 0 Å². The maximum atomic E-state index is 8.64. The molecule has 0 aliphatic heterocycles. The number of allylic oxidation sites excluding steroid dienone is 4. The van der Waals surface area contributed by atoms with Crippen molar-refractivity contribution in [3.8, 4) is 24.3 Å². The molecule has 0 atom stereocenters. The van der Waals surface area contributed by atoms with E-state index in [1.807, 2.05) is 24.3 Å². The molecule has 0 spiro atoms. The van der Waals surface area contributed by atoms with Crippen molar-refractivity contribution in [2.75, 3.05) is 0 Å². The normalized spacial score (nSPS) is 7.88. The first-order valence-corrected chi connectivity index (χ1v) is 5.10. The maximum absolute atomic E-state index is 8.64. The molecule has 0 unspecified atom stereocenters. The number of rotatable bonds is 4. The predicted octanol–water partition coefficient (Wildman–Crippen LogP) is 2.88. The van der Waals surface area contributed by atoms with Gasteiger partial charge in [-0.2, -0.15) is 21.0 Å². The van der Waals surface area contributed by atoms with Crippen LogP contribution in [0.25, 0.3) is 0 Å². The molecule has 0 heterocycles. The Labute approximate surface area is 101 Å². The lowest BCUT2D eigenvalue weighted by Gasteiger charge is -2.02. The molecule has 0 rings (SSSR count). The van der Waals surface area contributed by atoms with E-state index < -0.39 is 0 Å². The smallest absolute Gasteiger partial charge is 0.128 e. The van der Waals surface area contributed by atoms with Crippen molar-refractivity contribution >= 4 is 0 Å². The molecule has 0 N–H and O–H groups in total. The van der Waals surface area contributed by atoms with Crippen molar-refractivity contribution in [1.29, 1.82) is 21.0 Å². The molecular weight excluding hydrogens is 212 g/mol. The summed E-state index contributed by atoms with van der Waals surface area (Å²) in [5, 5.41) is 34.6. The summed E-state index contributed by atoms with van der Waals surface area (Å²) in [6, 6.07) is 7.35. The van der Waals surface area contributed by atoms with Gasteiger partial charge in [-0.05, 0) is 44.3 Å². The van der Waals surface area contributed by atoms with Crippen molar-refractivity contribution in [3.63, 3.8) is 0 Å². The molecule has 4 nitrogen and oxygen atoms in total. The third-order valence-corrected chi connectivity index (χ3v) is 2.40. The van der Waals surface area contributed by atoms with Gasteiger partial charge < -0.3 is 0 Å². The molecule has 0 aliphatic carbocycles. The summed E-state index contributed by atoms with van der Waals surface area (Å²) in [5.41, 5.74) is 1.79. The third kappa shape index (κ3) is 4.65. The summed E-state index contributed by atoms with van der Waals surface area (Å²) >= 11 is 0. The average molecular weight is 224 g/mol. The van der Waals surface area contributed by atoms with E-state index in [-0.39, 0.29) is 11.1 Å². The summed E-state index contributed by atoms with van der Waals surface area (Å²) in [6.07, 6.45) is 1.97. The zero-order valence-electron chi connectivity index (χ0n) is 9.91. The van der Waals surface area contributed by atoms with Crippen LogP contribution in [-0.2, 0) is 0 Å². The molecule has 0 aromatic carbocycles. The summed E-state index contributed by atoms with van der Waals surface area (Å²) in [6.45, 7) is 3.49. The SMILES string of the molecule is CC(CCCC(C)=C(C#N)C#N)=C(C#N)C#N. The minimum absolute atomic E-state index is 0.146. The Morgan fingerprint density at radius 3 is 1.24 bits per heavy atom. The second-order valence-corrected chi connectivity index (χ2v) is 3.61. The number of nitrogens with zero attached hydrogens (tertiary/aromatic N) is 4. The zero-order chi connectivity index (χ0) is 13.3. The molecule has 0 bridgehead atoms. The molecule has 17 heavy (non-hydrogen) atoms. The van der Waals surface area contributed by atoms with Gasteiger partial charge in [-0.3, -0.25) is 0 Å². The minimum atomic E-state index is 0.146. The van der Waals surface area contributed by atoms with Gasteiger partial charge in [-0.15, -0.1) is 0 Å². The molecule has 0 aromatic rings. The van der Waals surface area contributed by atoms with Gasteiger partial charge in [0, 0.05) is 0 Å². The van der Waals surface area contributed by atoms with Gasteiger partial charge in [0.1, 0.15) is 35.4 Å². The van der Waals surface area contributed by atoms with E-state index in [2.05, 4.69) is 0 Å². The maximum Gasteiger partial charge on any atom is 0.128 e. The van der Waals surface area contributed by atoms with Crippen LogP contribution >= 0.6 is 0 Å². The Bertz CT molecular complexity index is 430. The molecule has 0 fully saturated rings.